The molecule has 534 valence electrons. The largest absolute Gasteiger partial charge is 0.509 e. The van der Waals surface area contributed by atoms with Crippen molar-refractivity contribution in [1.29, 1.82) is 0 Å². The van der Waals surface area contributed by atoms with E-state index in [9.17, 15) is 28.8 Å². The molecule has 36 atom stereocenters. The van der Waals surface area contributed by atoms with Gasteiger partial charge in [-0.3, -0.25) is 0 Å². The Hall–Kier alpha value is -4.11. The Balaban J connectivity index is 0.000000100. The first-order chi connectivity index (χ1) is 46.3. The zero-order chi connectivity index (χ0) is 67.0. The van der Waals surface area contributed by atoms with Crippen LogP contribution in [0.1, 0.15) is 212 Å². The number of ether oxygens (including phenoxy) is 14. The van der Waals surface area contributed by atoms with Crippen molar-refractivity contribution in [2.45, 2.75) is 320 Å². The molecular formula is C74H112O20S. The number of carbonyl (C=O) groups excluding carboxylic acids is 6. The number of fused-ring (bicyclic) bond motifs is 51. The molecule has 18 bridgehead atoms. The van der Waals surface area contributed by atoms with Gasteiger partial charge in [-0.15, -0.1) is 11.8 Å². The fourth-order valence-corrected chi connectivity index (χ4v) is 26.0. The normalized spacial score (nSPS) is 51.3. The molecule has 0 amide bonds. The van der Waals surface area contributed by atoms with Gasteiger partial charge < -0.3 is 66.3 Å². The average molecular weight is 1350 g/mol. The third kappa shape index (κ3) is 11.9. The zero-order valence-corrected chi connectivity index (χ0v) is 59.3. The number of hydrogen-bond donors (Lipinski definition) is 0. The maximum atomic E-state index is 11.2. The molecule has 24 aliphatic rings. The number of hydrogen-bond acceptors (Lipinski definition) is 21. The Labute approximate surface area is 567 Å². The van der Waals surface area contributed by atoms with Crippen LogP contribution in [-0.4, -0.2) is 145 Å². The minimum Gasteiger partial charge on any atom is -0.427 e. The summed E-state index contributed by atoms with van der Waals surface area (Å²) in [4.78, 5) is 65.8. The molecule has 24 fully saturated rings. The highest BCUT2D eigenvalue weighted by Crippen LogP contribution is 2.71. The van der Waals surface area contributed by atoms with Gasteiger partial charge in [0, 0.05) is 46.0 Å². The van der Waals surface area contributed by atoms with E-state index in [-0.39, 0.29) is 97.7 Å². The van der Waals surface area contributed by atoms with Crippen LogP contribution in [0.5, 0.6) is 0 Å². The van der Waals surface area contributed by atoms with E-state index in [1.54, 1.807) is 0 Å². The lowest BCUT2D eigenvalue weighted by Crippen LogP contribution is -2.47. The van der Waals surface area contributed by atoms with Crippen LogP contribution in [-0.2, 0) is 66.3 Å². The van der Waals surface area contributed by atoms with Crippen LogP contribution in [0.4, 0.5) is 28.8 Å². The van der Waals surface area contributed by atoms with Crippen LogP contribution in [0, 0.1) is 107 Å². The summed E-state index contributed by atoms with van der Waals surface area (Å²) in [7, 11) is 0. The van der Waals surface area contributed by atoms with Gasteiger partial charge in [-0.25, -0.2) is 28.8 Å². The van der Waals surface area contributed by atoms with Gasteiger partial charge >= 0.3 is 36.9 Å². The first-order valence-electron chi connectivity index (χ1n) is 38.5. The van der Waals surface area contributed by atoms with Crippen molar-refractivity contribution in [3.8, 4) is 0 Å². The van der Waals surface area contributed by atoms with Crippen molar-refractivity contribution >= 4 is 48.7 Å². The third-order valence-electron chi connectivity index (χ3n) is 26.4. The third-order valence-corrected chi connectivity index (χ3v) is 28.1. The fourth-order valence-electron chi connectivity index (χ4n) is 24.3. The summed E-state index contributed by atoms with van der Waals surface area (Å²) in [6, 6.07) is 0. The molecule has 0 radical (unpaired) electrons. The van der Waals surface area contributed by atoms with Gasteiger partial charge in [-0.2, -0.15) is 0 Å². The van der Waals surface area contributed by atoms with Gasteiger partial charge in [-0.05, 0) is 187 Å². The lowest BCUT2D eigenvalue weighted by Gasteiger charge is -2.38. The number of rotatable bonds is 0. The Morgan fingerprint density at radius 2 is 0.495 bits per heavy atom. The monoisotopic (exact) mass is 1350 g/mol. The first-order valence-corrected chi connectivity index (χ1v) is 39.5. The molecule has 21 heteroatoms. The Kier molecular flexibility index (Phi) is 21.1. The lowest BCUT2D eigenvalue weighted by atomic mass is 9.69. The maximum absolute atomic E-state index is 11.2. The van der Waals surface area contributed by atoms with Gasteiger partial charge in [0.25, 0.3) is 0 Å². The SMILES string of the molecule is CC.CC.CC.CC.CCC.CCC.O=C1OC2C(O1)C1OC2C2C3CCC(C3)C12.O=C1OC2C3CC(C2O1)C1C2CCC(C2)C31.O=C1OC2C3CC(C2O1)C1C2CCC(C2)C31.O=C1OC2C3CCC(C3)C2O1.O=C1OC2C3CCC(O3)C2O1.O=C1OC2C3CCC(S3)C2O1. The Morgan fingerprint density at radius 1 is 0.253 bits per heavy atom. The summed E-state index contributed by atoms with van der Waals surface area (Å²) in [5, 5.41) is 1.05. The summed E-state index contributed by atoms with van der Waals surface area (Å²) in [6.45, 7) is 24.5. The van der Waals surface area contributed by atoms with Crippen LogP contribution in [0.3, 0.4) is 0 Å². The summed E-state index contributed by atoms with van der Waals surface area (Å²) in [5.41, 5.74) is 0. The van der Waals surface area contributed by atoms with E-state index < -0.39 is 36.9 Å². The van der Waals surface area contributed by atoms with Crippen molar-refractivity contribution in [3.05, 3.63) is 0 Å². The van der Waals surface area contributed by atoms with Gasteiger partial charge in [0.1, 0.15) is 48.8 Å². The van der Waals surface area contributed by atoms with Gasteiger partial charge in [0.05, 0.1) is 12.2 Å². The molecule has 12 heterocycles. The fraction of sp³-hybridized carbons (Fsp3) is 0.919. The summed E-state index contributed by atoms with van der Waals surface area (Å²) >= 11 is 1.92. The van der Waals surface area contributed by atoms with Crippen LogP contribution >= 0.6 is 11.8 Å². The smallest absolute Gasteiger partial charge is 0.427 e. The molecule has 0 spiro atoms. The van der Waals surface area contributed by atoms with E-state index in [4.69, 9.17) is 66.3 Å². The first kappa shape index (κ1) is 69.4. The molecule has 0 N–H and O–H groups in total. The second-order valence-electron chi connectivity index (χ2n) is 30.5. The van der Waals surface area contributed by atoms with E-state index >= 15 is 0 Å². The molecule has 12 aliphatic carbocycles. The molecule has 0 aromatic rings. The average Bonchev–Trinajstić information content (AvgIpc) is 1.55. The second-order valence-corrected chi connectivity index (χ2v) is 32.0. The molecule has 0 aromatic heterocycles. The minimum atomic E-state index is -0.528. The minimum absolute atomic E-state index is 0.0752. The van der Waals surface area contributed by atoms with Crippen molar-refractivity contribution < 1.29 is 95.1 Å². The van der Waals surface area contributed by atoms with E-state index in [0.29, 0.717) is 57.8 Å². The van der Waals surface area contributed by atoms with Crippen molar-refractivity contribution in [3.63, 3.8) is 0 Å². The van der Waals surface area contributed by atoms with Gasteiger partial charge in [0.2, 0.25) is 0 Å². The number of thioether (sulfide) groups is 1. The molecular weight excluding hydrogens is 1240 g/mol. The second kappa shape index (κ2) is 28.9. The highest BCUT2D eigenvalue weighted by atomic mass is 32.2. The lowest BCUT2D eigenvalue weighted by molar-refractivity contribution is -0.00113. The van der Waals surface area contributed by atoms with Crippen molar-refractivity contribution in [2.24, 2.45) is 107 Å². The van der Waals surface area contributed by atoms with E-state index in [1.165, 1.54) is 116 Å². The molecule has 0 aromatic carbocycles. The van der Waals surface area contributed by atoms with E-state index in [0.717, 1.165) is 72.0 Å². The predicted molar refractivity (Wildman–Crippen MR) is 347 cm³/mol. The molecule has 95 heavy (non-hydrogen) atoms. The van der Waals surface area contributed by atoms with Gasteiger partial charge in [-0.1, -0.05) is 95.9 Å². The van der Waals surface area contributed by atoms with Crippen LogP contribution in [0.2, 0.25) is 0 Å². The summed E-state index contributed by atoms with van der Waals surface area (Å²) in [6.07, 6.45) is 24.0. The Bertz CT molecular complexity index is 2290. The quantitative estimate of drug-likeness (QED) is 0.125. The van der Waals surface area contributed by atoms with E-state index in [2.05, 4.69) is 27.7 Å². The highest BCUT2D eigenvalue weighted by molar-refractivity contribution is 8.01. The molecule has 20 nitrogen and oxygen atoms in total. The van der Waals surface area contributed by atoms with Gasteiger partial charge in [0.15, 0.2) is 36.6 Å². The van der Waals surface area contributed by atoms with Crippen molar-refractivity contribution in [2.75, 3.05) is 0 Å². The predicted octanol–water partition coefficient (Wildman–Crippen LogP) is 15.6. The topological polar surface area (TPSA) is 232 Å². The molecule has 12 saturated heterocycles. The summed E-state index contributed by atoms with van der Waals surface area (Å²) < 4.78 is 73.6. The van der Waals surface area contributed by atoms with E-state index in [1.807, 2.05) is 67.2 Å². The number of carbonyl (C=O) groups is 6. The maximum Gasteiger partial charge on any atom is 0.509 e. The van der Waals surface area contributed by atoms with Crippen molar-refractivity contribution in [1.82, 2.24) is 0 Å². The molecule has 12 saturated carbocycles. The molecule has 36 unspecified atom stereocenters. The molecule has 24 rings (SSSR count). The van der Waals surface area contributed by atoms with Crippen LogP contribution < -0.4 is 0 Å². The zero-order valence-electron chi connectivity index (χ0n) is 58.5. The standard InChI is InChI=1S/2C13H16O3.C12H14O4.C8H10O3.C7H8O4.C7H8O3S.2C3H8.4C2H6/c2*14-13-15-11-7-4-8(12(11)16-13)10-6-2-1-5(3-6)9(7)10;13-12-15-10-8-6-4-1-2-5(3-4)7(6)9(14-8)11(10)16-12;9-8-10-6-4-1-2-5(3-4)7(6)11-8;8-7-10-5-3-1-2-4(9-3)6(5)11-7;8-7-9-5-3-1-2-4(11-3)6(5)10-7;2*1-3-2;4*1-2/h2*5-12H,1-4H2;4-11H,1-3H2;4-7H,1-3H2;2*3-6H,1-2H2;2*3H2,1-2H3;4*1-2H3. The molecule has 12 aliphatic heterocycles. The van der Waals surface area contributed by atoms with Crippen LogP contribution in [0.15, 0.2) is 0 Å². The van der Waals surface area contributed by atoms with Crippen LogP contribution in [0.25, 0.3) is 0 Å². The summed E-state index contributed by atoms with van der Waals surface area (Å²) in [5.74, 6) is 14.0. The Morgan fingerprint density at radius 3 is 0.811 bits per heavy atom. The highest BCUT2D eigenvalue weighted by Gasteiger charge is 2.73.